The van der Waals surface area contributed by atoms with E-state index < -0.39 is 5.60 Å². The van der Waals surface area contributed by atoms with Gasteiger partial charge in [0.1, 0.15) is 22.6 Å². The summed E-state index contributed by atoms with van der Waals surface area (Å²) in [6.07, 6.45) is 7.72. The third-order valence-corrected chi connectivity index (χ3v) is 7.32. The fourth-order valence-electron chi connectivity index (χ4n) is 4.87. The van der Waals surface area contributed by atoms with Crippen LogP contribution in [0.25, 0.3) is 10.2 Å². The van der Waals surface area contributed by atoms with Gasteiger partial charge in [-0.1, -0.05) is 0 Å². The number of aryl methyl sites for hydroxylation is 1. The van der Waals surface area contributed by atoms with E-state index in [2.05, 4.69) is 20.6 Å². The quantitative estimate of drug-likeness (QED) is 0.614. The van der Waals surface area contributed by atoms with Crippen molar-refractivity contribution in [3.63, 3.8) is 0 Å². The summed E-state index contributed by atoms with van der Waals surface area (Å²) in [5.74, 6) is 1.30. The number of hydrogen-bond donors (Lipinski definition) is 3. The number of aliphatic hydroxyl groups is 1. The van der Waals surface area contributed by atoms with Crippen molar-refractivity contribution in [1.82, 2.24) is 15.3 Å². The minimum Gasteiger partial charge on any atom is -0.444 e. The van der Waals surface area contributed by atoms with Crippen molar-refractivity contribution >= 4 is 33.5 Å². The van der Waals surface area contributed by atoms with Crippen LogP contribution in [-0.2, 0) is 11.2 Å². The van der Waals surface area contributed by atoms with E-state index in [0.29, 0.717) is 12.0 Å². The number of aromatic nitrogens is 2. The normalized spacial score (nSPS) is 24.6. The van der Waals surface area contributed by atoms with E-state index in [9.17, 15) is 9.90 Å². The van der Waals surface area contributed by atoms with Gasteiger partial charge in [0.25, 0.3) is 0 Å². The predicted molar refractivity (Wildman–Crippen MR) is 124 cm³/mol. The van der Waals surface area contributed by atoms with Crippen molar-refractivity contribution in [2.45, 2.75) is 102 Å². The Morgan fingerprint density at radius 1 is 1.23 bits per heavy atom. The van der Waals surface area contributed by atoms with Crippen LogP contribution in [0.4, 0.5) is 10.6 Å². The van der Waals surface area contributed by atoms with Gasteiger partial charge in [-0.05, 0) is 84.1 Å². The zero-order chi connectivity index (χ0) is 22.2. The first-order valence-electron chi connectivity index (χ1n) is 11.4. The van der Waals surface area contributed by atoms with Gasteiger partial charge in [0, 0.05) is 17.0 Å². The van der Waals surface area contributed by atoms with Crippen molar-refractivity contribution in [1.29, 1.82) is 0 Å². The number of carbonyl (C=O) groups excluding carboxylic acids is 1. The molecule has 2 aromatic heterocycles. The molecule has 2 heterocycles. The second-order valence-corrected chi connectivity index (χ2v) is 11.1. The first-order valence-corrected chi connectivity index (χ1v) is 12.2. The highest BCUT2D eigenvalue weighted by Gasteiger charge is 2.31. The molecule has 1 fully saturated rings. The number of carbonyl (C=O) groups is 1. The molecule has 4 rings (SSSR count). The molecule has 2 atom stereocenters. The Balaban J connectivity index is 1.42. The van der Waals surface area contributed by atoms with Crippen molar-refractivity contribution in [2.75, 3.05) is 5.32 Å². The van der Waals surface area contributed by atoms with Crippen LogP contribution in [0.3, 0.4) is 0 Å². The minimum atomic E-state index is -0.478. The third kappa shape index (κ3) is 5.29. The smallest absolute Gasteiger partial charge is 0.407 e. The number of aliphatic hydroxyl groups excluding tert-OH is 1. The number of hydrogen-bond acceptors (Lipinski definition) is 7. The van der Waals surface area contributed by atoms with Crippen LogP contribution in [0.15, 0.2) is 6.33 Å². The van der Waals surface area contributed by atoms with Gasteiger partial charge < -0.3 is 20.5 Å². The average Bonchev–Trinajstić information content (AvgIpc) is 3.21. The highest BCUT2D eigenvalue weighted by Crippen LogP contribution is 2.47. The van der Waals surface area contributed by atoms with E-state index >= 15 is 0 Å². The molecule has 7 nitrogen and oxygen atoms in total. The lowest BCUT2D eigenvalue weighted by atomic mass is 9.91. The van der Waals surface area contributed by atoms with Gasteiger partial charge >= 0.3 is 6.09 Å². The molecule has 0 aromatic carbocycles. The van der Waals surface area contributed by atoms with Gasteiger partial charge in [0.15, 0.2) is 0 Å². The second-order valence-electron chi connectivity index (χ2n) is 10.0. The van der Waals surface area contributed by atoms with Crippen LogP contribution in [0.1, 0.15) is 82.6 Å². The molecule has 1 saturated carbocycles. The fraction of sp³-hybridized carbons (Fsp3) is 0.696. The number of anilines is 1. The molecule has 0 saturated heterocycles. The number of fused-ring (bicyclic) bond motifs is 3. The molecular weight excluding hydrogens is 412 g/mol. The van der Waals surface area contributed by atoms with E-state index in [1.165, 1.54) is 10.4 Å². The Bertz CT molecular complexity index is 929. The van der Waals surface area contributed by atoms with E-state index in [-0.39, 0.29) is 18.2 Å². The van der Waals surface area contributed by atoms with Gasteiger partial charge in [-0.2, -0.15) is 0 Å². The summed E-state index contributed by atoms with van der Waals surface area (Å²) in [5.41, 5.74) is 0.873. The topological polar surface area (TPSA) is 96.4 Å². The van der Waals surface area contributed by atoms with Crippen molar-refractivity contribution in [3.8, 4) is 0 Å². The second kappa shape index (κ2) is 8.90. The Hall–Kier alpha value is -1.93. The van der Waals surface area contributed by atoms with E-state index in [4.69, 9.17) is 4.74 Å². The van der Waals surface area contributed by atoms with Crippen LogP contribution in [0, 0.1) is 0 Å². The molecule has 1 unspecified atom stereocenters. The number of thiophene rings is 1. The number of alkyl carbamates (subject to hydrolysis) is 1. The molecule has 2 aliphatic rings. The average molecular weight is 447 g/mol. The van der Waals surface area contributed by atoms with Gasteiger partial charge in [0.05, 0.1) is 11.5 Å². The van der Waals surface area contributed by atoms with Gasteiger partial charge in [-0.3, -0.25) is 0 Å². The SMILES string of the molecule is CC(O)C[C@H]1CCc2sc3ncnc(NC4CCC(NC(=O)OC(C)(C)C)CC4)c3c21. The molecule has 0 spiro atoms. The lowest BCUT2D eigenvalue weighted by Crippen LogP contribution is -2.42. The third-order valence-electron chi connectivity index (χ3n) is 6.14. The van der Waals surface area contributed by atoms with Gasteiger partial charge in [0.2, 0.25) is 0 Å². The molecule has 0 radical (unpaired) electrons. The standard InChI is InChI=1S/C23H34N4O3S/c1-13(28)11-14-5-10-17-18(14)19-20(24-12-25-21(19)31-17)26-15-6-8-16(9-7-15)27-22(29)30-23(2,3)4/h12-16,28H,5-11H2,1-4H3,(H,27,29)(H,24,25,26)/t13?,14-,15?,16?/m1/s1. The Labute approximate surface area is 188 Å². The minimum absolute atomic E-state index is 0.152. The van der Waals surface area contributed by atoms with Crippen LogP contribution in [0.5, 0.6) is 0 Å². The molecule has 1 amide bonds. The summed E-state index contributed by atoms with van der Waals surface area (Å²) in [4.78, 5) is 23.6. The van der Waals surface area contributed by atoms with Crippen LogP contribution in [-0.4, -0.2) is 45.0 Å². The van der Waals surface area contributed by atoms with E-state index in [0.717, 1.165) is 61.0 Å². The summed E-state index contributed by atoms with van der Waals surface area (Å²) in [6, 6.07) is 0.473. The molecule has 0 bridgehead atoms. The maximum Gasteiger partial charge on any atom is 0.407 e. The van der Waals surface area contributed by atoms with Gasteiger partial charge in [-0.15, -0.1) is 11.3 Å². The summed E-state index contributed by atoms with van der Waals surface area (Å²) >= 11 is 1.77. The van der Waals surface area contributed by atoms with E-state index in [1.807, 2.05) is 27.7 Å². The first-order chi connectivity index (χ1) is 14.7. The first kappa shape index (κ1) is 22.3. The van der Waals surface area contributed by atoms with Crippen LogP contribution < -0.4 is 10.6 Å². The molecule has 0 aliphatic heterocycles. The molecule has 2 aromatic rings. The number of nitrogens with zero attached hydrogens (tertiary/aromatic N) is 2. The molecule has 31 heavy (non-hydrogen) atoms. The van der Waals surface area contributed by atoms with Crippen LogP contribution >= 0.6 is 11.3 Å². The maximum atomic E-state index is 12.0. The zero-order valence-electron chi connectivity index (χ0n) is 18.9. The Morgan fingerprint density at radius 2 is 1.94 bits per heavy atom. The molecular formula is C23H34N4O3S. The molecule has 170 valence electrons. The number of nitrogens with one attached hydrogen (secondary N) is 2. The maximum absolute atomic E-state index is 12.0. The van der Waals surface area contributed by atoms with Crippen molar-refractivity contribution in [3.05, 3.63) is 16.8 Å². The Morgan fingerprint density at radius 3 is 2.61 bits per heavy atom. The zero-order valence-corrected chi connectivity index (χ0v) is 19.7. The number of amides is 1. The summed E-state index contributed by atoms with van der Waals surface area (Å²) in [7, 11) is 0. The number of rotatable bonds is 5. The monoisotopic (exact) mass is 446 g/mol. The summed E-state index contributed by atoms with van der Waals surface area (Å²) in [5, 5.41) is 17.8. The highest BCUT2D eigenvalue weighted by molar-refractivity contribution is 7.19. The van der Waals surface area contributed by atoms with Crippen molar-refractivity contribution < 1.29 is 14.6 Å². The summed E-state index contributed by atoms with van der Waals surface area (Å²) < 4.78 is 5.38. The Kier molecular flexibility index (Phi) is 6.40. The van der Waals surface area contributed by atoms with Gasteiger partial charge in [-0.25, -0.2) is 14.8 Å². The highest BCUT2D eigenvalue weighted by atomic mass is 32.1. The predicted octanol–water partition coefficient (Wildman–Crippen LogP) is 4.74. The van der Waals surface area contributed by atoms with E-state index in [1.54, 1.807) is 17.7 Å². The lowest BCUT2D eigenvalue weighted by Gasteiger charge is -2.31. The number of ether oxygens (including phenoxy) is 1. The lowest BCUT2D eigenvalue weighted by molar-refractivity contribution is 0.0492. The molecule has 3 N–H and O–H groups in total. The fourth-order valence-corrected chi connectivity index (χ4v) is 6.11. The molecule has 8 heteroatoms. The summed E-state index contributed by atoms with van der Waals surface area (Å²) in [6.45, 7) is 7.50. The van der Waals surface area contributed by atoms with Crippen LogP contribution in [0.2, 0.25) is 0 Å². The molecule has 2 aliphatic carbocycles. The largest absolute Gasteiger partial charge is 0.444 e. The van der Waals surface area contributed by atoms with Crippen molar-refractivity contribution in [2.24, 2.45) is 0 Å².